The van der Waals surface area contributed by atoms with Gasteiger partial charge in [-0.25, -0.2) is 4.98 Å². The van der Waals surface area contributed by atoms with E-state index in [0.29, 0.717) is 18.3 Å². The Morgan fingerprint density at radius 1 is 1.36 bits per heavy atom. The summed E-state index contributed by atoms with van der Waals surface area (Å²) in [6.45, 7) is 0.428. The highest BCUT2D eigenvalue weighted by Crippen LogP contribution is 2.25. The van der Waals surface area contributed by atoms with Crippen LogP contribution in [-0.4, -0.2) is 28.2 Å². The van der Waals surface area contributed by atoms with Crippen LogP contribution in [0.1, 0.15) is 17.4 Å². The number of aromatic amines is 1. The zero-order valence-corrected chi connectivity index (χ0v) is 13.8. The van der Waals surface area contributed by atoms with Crippen LogP contribution in [0.25, 0.3) is 0 Å². The number of nitrogens with zero attached hydrogens (tertiary/aromatic N) is 3. The van der Waals surface area contributed by atoms with Gasteiger partial charge in [0.1, 0.15) is 11.6 Å². The van der Waals surface area contributed by atoms with Crippen LogP contribution in [0.15, 0.2) is 27.8 Å². The van der Waals surface area contributed by atoms with Gasteiger partial charge in [-0.15, -0.1) is 29.1 Å². The van der Waals surface area contributed by atoms with Crippen LogP contribution in [0, 0.1) is 0 Å². The number of nitrogens with one attached hydrogen (secondary N) is 3. The maximum absolute atomic E-state index is 12.3. The molecular weight excluding hydrogens is 416 g/mol. The molecule has 0 atom stereocenters. The maximum atomic E-state index is 12.3. The summed E-state index contributed by atoms with van der Waals surface area (Å²) in [5, 5.41) is 11.1. The molecule has 0 aromatic carbocycles. The van der Waals surface area contributed by atoms with Crippen molar-refractivity contribution >= 4 is 29.9 Å². The lowest BCUT2D eigenvalue weighted by Crippen LogP contribution is -2.36. The van der Waals surface area contributed by atoms with E-state index in [-0.39, 0.29) is 36.3 Å². The largest absolute Gasteiger partial charge is 0.467 e. The average Bonchev–Trinajstić information content (AvgIpc) is 3.09. The molecule has 0 unspecified atom stereocenters. The Labute approximate surface area is 140 Å². The van der Waals surface area contributed by atoms with Gasteiger partial charge in [-0.1, -0.05) is 0 Å². The Balaban J connectivity index is 0.00000242. The van der Waals surface area contributed by atoms with Crippen molar-refractivity contribution in [3.63, 3.8) is 0 Å². The lowest BCUT2D eigenvalue weighted by molar-refractivity contribution is -0.144. The fraction of sp³-hybridized carbons (Fsp3) is 0.364. The second-order valence-corrected chi connectivity index (χ2v) is 3.96. The van der Waals surface area contributed by atoms with Crippen LogP contribution in [0.5, 0.6) is 0 Å². The van der Waals surface area contributed by atoms with Crippen molar-refractivity contribution in [2.75, 3.05) is 7.05 Å². The molecule has 2 rings (SSSR count). The van der Waals surface area contributed by atoms with Gasteiger partial charge < -0.3 is 15.1 Å². The van der Waals surface area contributed by atoms with Crippen LogP contribution < -0.4 is 10.6 Å². The van der Waals surface area contributed by atoms with Gasteiger partial charge in [-0.3, -0.25) is 10.1 Å². The second kappa shape index (κ2) is 8.00. The second-order valence-electron chi connectivity index (χ2n) is 3.96. The molecule has 0 aliphatic rings. The van der Waals surface area contributed by atoms with Crippen molar-refractivity contribution in [2.24, 2.45) is 4.99 Å². The average molecular weight is 430 g/mol. The Morgan fingerprint density at radius 2 is 2.09 bits per heavy atom. The molecule has 0 fully saturated rings. The van der Waals surface area contributed by atoms with E-state index in [0.717, 1.165) is 0 Å². The summed E-state index contributed by atoms with van der Waals surface area (Å²) in [7, 11) is 1.54. The number of alkyl halides is 3. The van der Waals surface area contributed by atoms with Gasteiger partial charge in [-0.05, 0) is 12.1 Å². The third kappa shape index (κ3) is 5.20. The van der Waals surface area contributed by atoms with E-state index in [1.165, 1.54) is 0 Å². The fourth-order valence-electron chi connectivity index (χ4n) is 1.47. The number of hydrogen-bond acceptors (Lipinski definition) is 4. The summed E-state index contributed by atoms with van der Waals surface area (Å²) in [5.41, 5.74) is 0. The minimum absolute atomic E-state index is 0. The number of H-pyrrole nitrogens is 1. The molecule has 7 nitrogen and oxygen atoms in total. The lowest BCUT2D eigenvalue weighted by Gasteiger charge is -2.09. The predicted octanol–water partition coefficient (Wildman–Crippen LogP) is 1.90. The summed E-state index contributed by atoms with van der Waals surface area (Å²) >= 11 is 0. The molecule has 122 valence electrons. The first-order valence-electron chi connectivity index (χ1n) is 5.94. The predicted molar refractivity (Wildman–Crippen MR) is 82.5 cm³/mol. The topological polar surface area (TPSA) is 91.1 Å². The quantitative estimate of drug-likeness (QED) is 0.392. The molecule has 0 spiro atoms. The minimum Gasteiger partial charge on any atom is -0.467 e. The van der Waals surface area contributed by atoms with Gasteiger partial charge in [0.25, 0.3) is 5.82 Å². The van der Waals surface area contributed by atoms with Gasteiger partial charge in [0, 0.05) is 7.05 Å². The molecular formula is C11H14F3IN6O. The molecule has 0 amide bonds. The Morgan fingerprint density at radius 3 is 2.64 bits per heavy atom. The van der Waals surface area contributed by atoms with Crippen molar-refractivity contribution in [3.05, 3.63) is 35.8 Å². The molecule has 2 heterocycles. The summed E-state index contributed by atoms with van der Waals surface area (Å²) in [6, 6.07) is 3.53. The molecule has 11 heteroatoms. The van der Waals surface area contributed by atoms with Crippen molar-refractivity contribution < 1.29 is 17.6 Å². The standard InChI is InChI=1S/C11H13F3N6O.HI/c1-15-10(16-5-7-3-2-4-21-7)17-6-8-18-9(20-19-8)11(12,13)14;/h2-4H,5-6H2,1H3,(H2,15,16,17)(H,18,19,20);1H. The van der Waals surface area contributed by atoms with E-state index in [1.54, 1.807) is 25.4 Å². The van der Waals surface area contributed by atoms with Crippen molar-refractivity contribution in [2.45, 2.75) is 19.3 Å². The summed E-state index contributed by atoms with van der Waals surface area (Å²) in [6.07, 6.45) is -3.02. The molecule has 0 saturated heterocycles. The van der Waals surface area contributed by atoms with E-state index < -0.39 is 12.0 Å². The Bertz CT molecular complexity index is 595. The van der Waals surface area contributed by atoms with Gasteiger partial charge in [0.15, 0.2) is 5.96 Å². The normalized spacial score (nSPS) is 11.9. The number of halogens is 4. The number of furan rings is 1. The smallest absolute Gasteiger partial charge is 0.453 e. The summed E-state index contributed by atoms with van der Waals surface area (Å²) < 4.78 is 42.1. The number of aliphatic imine (C=N–C) groups is 1. The third-order valence-electron chi connectivity index (χ3n) is 2.44. The van der Waals surface area contributed by atoms with E-state index in [1.807, 2.05) is 0 Å². The first-order chi connectivity index (χ1) is 9.99. The molecule has 0 bridgehead atoms. The molecule has 22 heavy (non-hydrogen) atoms. The van der Waals surface area contributed by atoms with Gasteiger partial charge in [0.05, 0.1) is 19.4 Å². The maximum Gasteiger partial charge on any atom is 0.453 e. The Hall–Kier alpha value is -1.79. The highest BCUT2D eigenvalue weighted by molar-refractivity contribution is 14.0. The zero-order valence-electron chi connectivity index (χ0n) is 11.4. The molecule has 0 saturated carbocycles. The third-order valence-corrected chi connectivity index (χ3v) is 2.44. The SMILES string of the molecule is CN=C(NCc1nc(C(F)(F)F)n[nH]1)NCc1ccco1.I. The van der Waals surface area contributed by atoms with Crippen molar-refractivity contribution in [1.82, 2.24) is 25.8 Å². The van der Waals surface area contributed by atoms with E-state index in [4.69, 9.17) is 4.42 Å². The summed E-state index contributed by atoms with van der Waals surface area (Å²) in [4.78, 5) is 7.27. The van der Waals surface area contributed by atoms with E-state index in [2.05, 4.69) is 30.8 Å². The van der Waals surface area contributed by atoms with Crippen LogP contribution in [-0.2, 0) is 19.3 Å². The Kier molecular flexibility index (Phi) is 6.64. The fourth-order valence-corrected chi connectivity index (χ4v) is 1.47. The van der Waals surface area contributed by atoms with E-state index in [9.17, 15) is 13.2 Å². The molecule has 0 aliphatic heterocycles. The minimum atomic E-state index is -4.56. The highest BCUT2D eigenvalue weighted by atomic mass is 127. The van der Waals surface area contributed by atoms with Gasteiger partial charge in [0.2, 0.25) is 0 Å². The van der Waals surface area contributed by atoms with Gasteiger partial charge in [-0.2, -0.15) is 13.2 Å². The number of hydrogen-bond donors (Lipinski definition) is 3. The summed E-state index contributed by atoms with van der Waals surface area (Å²) in [5.74, 6) is -0.0329. The van der Waals surface area contributed by atoms with Crippen LogP contribution in [0.3, 0.4) is 0 Å². The molecule has 2 aromatic rings. The number of rotatable bonds is 4. The van der Waals surface area contributed by atoms with Crippen LogP contribution in [0.4, 0.5) is 13.2 Å². The van der Waals surface area contributed by atoms with Crippen LogP contribution in [0.2, 0.25) is 0 Å². The highest BCUT2D eigenvalue weighted by Gasteiger charge is 2.35. The molecule has 0 radical (unpaired) electrons. The zero-order chi connectivity index (χ0) is 15.3. The van der Waals surface area contributed by atoms with Gasteiger partial charge >= 0.3 is 6.18 Å². The number of aromatic nitrogens is 3. The molecule has 3 N–H and O–H groups in total. The molecule has 0 aliphatic carbocycles. The first-order valence-corrected chi connectivity index (χ1v) is 5.94. The van der Waals surface area contributed by atoms with Crippen molar-refractivity contribution in [1.29, 1.82) is 0 Å². The molecule has 2 aromatic heterocycles. The number of guanidine groups is 1. The van der Waals surface area contributed by atoms with Crippen LogP contribution >= 0.6 is 24.0 Å². The lowest BCUT2D eigenvalue weighted by atomic mass is 10.4. The van der Waals surface area contributed by atoms with E-state index >= 15 is 0 Å². The monoisotopic (exact) mass is 430 g/mol. The first kappa shape index (κ1) is 18.3. The van der Waals surface area contributed by atoms with Crippen molar-refractivity contribution in [3.8, 4) is 0 Å².